The molecule has 9 heteroatoms. The van der Waals surface area contributed by atoms with Crippen LogP contribution in [0.1, 0.15) is 37.3 Å². The number of para-hydroxylation sites is 1. The standard InChI is InChI=1S/C19H21F2N5O2/c20-13-2-1-3-14(21)19(13)22-17(27)6-7-18(28)25-8-9-26-15(10-12-4-5-12)23-24-16(26)11-25/h1-3,12H,4-11H2,(H,22,27). The minimum atomic E-state index is -0.850. The summed E-state index contributed by atoms with van der Waals surface area (Å²) in [6, 6.07) is 3.34. The van der Waals surface area contributed by atoms with Crippen LogP contribution in [0, 0.1) is 17.6 Å². The molecule has 2 aromatic rings. The number of fused-ring (bicyclic) bond motifs is 1. The van der Waals surface area contributed by atoms with Crippen LogP contribution in [0.15, 0.2) is 18.2 Å². The third-order valence-electron chi connectivity index (χ3n) is 5.14. The van der Waals surface area contributed by atoms with E-state index in [4.69, 9.17) is 0 Å². The summed E-state index contributed by atoms with van der Waals surface area (Å²) >= 11 is 0. The maximum Gasteiger partial charge on any atom is 0.225 e. The van der Waals surface area contributed by atoms with E-state index < -0.39 is 23.2 Å². The quantitative estimate of drug-likeness (QED) is 0.822. The second kappa shape index (κ2) is 7.65. The van der Waals surface area contributed by atoms with Crippen LogP contribution in [0.4, 0.5) is 14.5 Å². The Morgan fingerprint density at radius 2 is 1.86 bits per heavy atom. The van der Waals surface area contributed by atoms with Crippen LogP contribution in [0.3, 0.4) is 0 Å². The fourth-order valence-electron chi connectivity index (χ4n) is 3.36. The Labute approximate surface area is 160 Å². The predicted octanol–water partition coefficient (Wildman–Crippen LogP) is 2.27. The maximum atomic E-state index is 13.6. The highest BCUT2D eigenvalue weighted by atomic mass is 19.1. The molecule has 0 spiro atoms. The molecule has 1 aromatic carbocycles. The van der Waals surface area contributed by atoms with E-state index in [1.165, 1.54) is 18.9 Å². The van der Waals surface area contributed by atoms with Gasteiger partial charge in [0.15, 0.2) is 5.82 Å². The first-order valence-electron chi connectivity index (χ1n) is 9.44. The van der Waals surface area contributed by atoms with Crippen LogP contribution >= 0.6 is 0 Å². The van der Waals surface area contributed by atoms with Gasteiger partial charge in [0.25, 0.3) is 0 Å². The van der Waals surface area contributed by atoms with Gasteiger partial charge in [0.2, 0.25) is 11.8 Å². The van der Waals surface area contributed by atoms with Gasteiger partial charge in [-0.3, -0.25) is 9.59 Å². The molecule has 0 radical (unpaired) electrons. The number of anilines is 1. The Hall–Kier alpha value is -2.84. The average Bonchev–Trinajstić information content (AvgIpc) is 3.41. The lowest BCUT2D eigenvalue weighted by Crippen LogP contribution is -2.39. The van der Waals surface area contributed by atoms with Gasteiger partial charge in [-0.1, -0.05) is 6.07 Å². The van der Waals surface area contributed by atoms with E-state index in [2.05, 4.69) is 20.1 Å². The molecule has 2 aliphatic rings. The molecule has 1 aliphatic carbocycles. The fourth-order valence-corrected chi connectivity index (χ4v) is 3.36. The summed E-state index contributed by atoms with van der Waals surface area (Å²) in [6.07, 6.45) is 3.23. The van der Waals surface area contributed by atoms with E-state index in [9.17, 15) is 18.4 Å². The SMILES string of the molecule is O=C(CCC(=O)N1CCn2c(CC3CC3)nnc2C1)Nc1c(F)cccc1F. The monoisotopic (exact) mass is 389 g/mol. The Morgan fingerprint density at radius 1 is 1.11 bits per heavy atom. The summed E-state index contributed by atoms with van der Waals surface area (Å²) in [5, 5.41) is 10.6. The van der Waals surface area contributed by atoms with Crippen LogP contribution in [0.2, 0.25) is 0 Å². The van der Waals surface area contributed by atoms with Crippen molar-refractivity contribution < 1.29 is 18.4 Å². The Bertz CT molecular complexity index is 889. The maximum absolute atomic E-state index is 13.6. The van der Waals surface area contributed by atoms with E-state index in [1.54, 1.807) is 4.90 Å². The summed E-state index contributed by atoms with van der Waals surface area (Å²) in [6.45, 7) is 1.54. The Kier molecular flexibility index (Phi) is 5.06. The number of hydrogen-bond donors (Lipinski definition) is 1. The molecule has 4 rings (SSSR count). The molecule has 0 unspecified atom stereocenters. The largest absolute Gasteiger partial charge is 0.333 e. The fraction of sp³-hybridized carbons (Fsp3) is 0.474. The number of nitrogens with one attached hydrogen (secondary N) is 1. The van der Waals surface area contributed by atoms with Crippen molar-refractivity contribution in [2.45, 2.75) is 45.2 Å². The van der Waals surface area contributed by atoms with E-state index in [0.29, 0.717) is 25.6 Å². The lowest BCUT2D eigenvalue weighted by atomic mass is 10.2. The number of aromatic nitrogens is 3. The van der Waals surface area contributed by atoms with Crippen molar-refractivity contribution >= 4 is 17.5 Å². The van der Waals surface area contributed by atoms with Crippen molar-refractivity contribution in [3.05, 3.63) is 41.5 Å². The second-order valence-corrected chi connectivity index (χ2v) is 7.29. The highest BCUT2D eigenvalue weighted by molar-refractivity contribution is 5.93. The summed E-state index contributed by atoms with van der Waals surface area (Å²) in [5.74, 6) is -0.0460. The third-order valence-corrected chi connectivity index (χ3v) is 5.14. The smallest absolute Gasteiger partial charge is 0.225 e. The molecule has 7 nitrogen and oxygen atoms in total. The van der Waals surface area contributed by atoms with E-state index in [1.807, 2.05) is 0 Å². The Balaban J connectivity index is 1.29. The minimum Gasteiger partial charge on any atom is -0.333 e. The summed E-state index contributed by atoms with van der Waals surface area (Å²) < 4.78 is 29.2. The van der Waals surface area contributed by atoms with Crippen LogP contribution in [0.5, 0.6) is 0 Å². The third kappa shape index (κ3) is 4.02. The second-order valence-electron chi connectivity index (χ2n) is 7.29. The number of hydrogen-bond acceptors (Lipinski definition) is 4. The first-order valence-corrected chi connectivity index (χ1v) is 9.44. The molecule has 1 aromatic heterocycles. The van der Waals surface area contributed by atoms with E-state index >= 15 is 0 Å². The van der Waals surface area contributed by atoms with Gasteiger partial charge in [0.1, 0.15) is 23.1 Å². The normalized spacial score (nSPS) is 16.0. The van der Waals surface area contributed by atoms with Crippen molar-refractivity contribution in [1.29, 1.82) is 0 Å². The zero-order chi connectivity index (χ0) is 19.7. The zero-order valence-electron chi connectivity index (χ0n) is 15.3. The molecule has 0 atom stereocenters. The average molecular weight is 389 g/mol. The lowest BCUT2D eigenvalue weighted by molar-refractivity contribution is -0.134. The van der Waals surface area contributed by atoms with Crippen LogP contribution in [-0.4, -0.2) is 38.0 Å². The molecule has 2 amide bonds. The van der Waals surface area contributed by atoms with Gasteiger partial charge in [-0.2, -0.15) is 0 Å². The van der Waals surface area contributed by atoms with Crippen molar-refractivity contribution in [2.75, 3.05) is 11.9 Å². The minimum absolute atomic E-state index is 0.0367. The lowest BCUT2D eigenvalue weighted by Gasteiger charge is -2.28. The number of amides is 2. The van der Waals surface area contributed by atoms with Gasteiger partial charge >= 0.3 is 0 Å². The van der Waals surface area contributed by atoms with Gasteiger partial charge in [-0.25, -0.2) is 8.78 Å². The molecule has 2 heterocycles. The van der Waals surface area contributed by atoms with Gasteiger partial charge < -0.3 is 14.8 Å². The van der Waals surface area contributed by atoms with Crippen molar-refractivity contribution in [2.24, 2.45) is 5.92 Å². The Morgan fingerprint density at radius 3 is 2.57 bits per heavy atom. The predicted molar refractivity (Wildman–Crippen MR) is 96.1 cm³/mol. The first-order chi connectivity index (χ1) is 13.5. The van der Waals surface area contributed by atoms with Gasteiger partial charge in [0, 0.05) is 32.4 Å². The first kappa shape index (κ1) is 18.5. The number of carbonyl (C=O) groups excluding carboxylic acids is 2. The molecule has 1 N–H and O–H groups in total. The molecule has 0 bridgehead atoms. The number of halogens is 2. The summed E-state index contributed by atoms with van der Waals surface area (Å²) in [7, 11) is 0. The topological polar surface area (TPSA) is 80.1 Å². The van der Waals surface area contributed by atoms with Gasteiger partial charge in [-0.05, 0) is 30.9 Å². The van der Waals surface area contributed by atoms with Crippen molar-refractivity contribution in [3.8, 4) is 0 Å². The molecule has 1 aliphatic heterocycles. The molecular formula is C19H21F2N5O2. The molecular weight excluding hydrogens is 368 g/mol. The molecule has 0 saturated heterocycles. The number of carbonyl (C=O) groups is 2. The number of benzene rings is 1. The van der Waals surface area contributed by atoms with Gasteiger partial charge in [0.05, 0.1) is 6.54 Å². The van der Waals surface area contributed by atoms with Crippen LogP contribution in [0.25, 0.3) is 0 Å². The molecule has 1 saturated carbocycles. The summed E-state index contributed by atoms with van der Waals surface area (Å²) in [4.78, 5) is 26.0. The van der Waals surface area contributed by atoms with Crippen LogP contribution < -0.4 is 5.32 Å². The number of rotatable bonds is 6. The van der Waals surface area contributed by atoms with E-state index in [-0.39, 0.29) is 18.7 Å². The zero-order valence-corrected chi connectivity index (χ0v) is 15.3. The highest BCUT2D eigenvalue weighted by Gasteiger charge is 2.28. The number of nitrogens with zero attached hydrogens (tertiary/aromatic N) is 4. The van der Waals surface area contributed by atoms with Gasteiger partial charge in [-0.15, -0.1) is 10.2 Å². The molecule has 148 valence electrons. The van der Waals surface area contributed by atoms with Crippen molar-refractivity contribution in [1.82, 2.24) is 19.7 Å². The highest BCUT2D eigenvalue weighted by Crippen LogP contribution is 2.32. The van der Waals surface area contributed by atoms with E-state index in [0.717, 1.165) is 30.2 Å². The summed E-state index contributed by atoms with van der Waals surface area (Å²) in [5.41, 5.74) is -0.491. The van der Waals surface area contributed by atoms with Crippen LogP contribution in [-0.2, 0) is 29.1 Å². The molecule has 1 fully saturated rings. The molecule has 28 heavy (non-hydrogen) atoms. The van der Waals surface area contributed by atoms with Crippen molar-refractivity contribution in [3.63, 3.8) is 0 Å².